The predicted octanol–water partition coefficient (Wildman–Crippen LogP) is 6.92. The molecule has 0 aliphatic heterocycles. The van der Waals surface area contributed by atoms with Crippen molar-refractivity contribution in [2.75, 3.05) is 5.32 Å². The Kier molecular flexibility index (Phi) is 6.97. The van der Waals surface area contributed by atoms with Gasteiger partial charge in [0.15, 0.2) is 6.04 Å². The molecule has 0 spiro atoms. The lowest BCUT2D eigenvalue weighted by atomic mass is 9.97. The molecule has 32 heavy (non-hydrogen) atoms. The van der Waals surface area contributed by atoms with E-state index in [2.05, 4.69) is 11.4 Å². The number of nitrogens with zero attached hydrogens (tertiary/aromatic N) is 2. The van der Waals surface area contributed by atoms with Crippen LogP contribution in [0.25, 0.3) is 0 Å². The molecule has 0 radical (unpaired) electrons. The molecular weight excluding hydrogens is 414 g/mol. The number of rotatable bonds is 7. The van der Waals surface area contributed by atoms with Gasteiger partial charge in [0.05, 0.1) is 17.8 Å². The van der Waals surface area contributed by atoms with Crippen molar-refractivity contribution in [3.05, 3.63) is 137 Å². The molecule has 0 fully saturated rings. The molecule has 3 nitrogen and oxygen atoms in total. The zero-order chi connectivity index (χ0) is 22.2. The van der Waals surface area contributed by atoms with Crippen LogP contribution in [0.2, 0.25) is 5.02 Å². The van der Waals surface area contributed by atoms with Gasteiger partial charge >= 0.3 is 0 Å². The molecule has 0 saturated heterocycles. The number of hydrogen-bond donors (Lipinski definition) is 1. The third kappa shape index (κ3) is 5.24. The molecule has 0 aliphatic rings. The van der Waals surface area contributed by atoms with Crippen molar-refractivity contribution < 1.29 is 0 Å². The summed E-state index contributed by atoms with van der Waals surface area (Å²) in [6.45, 7) is 0. The molecular formula is C28H22ClN3. The first-order valence-corrected chi connectivity index (χ1v) is 10.8. The van der Waals surface area contributed by atoms with Crippen LogP contribution < -0.4 is 5.32 Å². The molecule has 4 heteroatoms. The molecule has 2 atom stereocenters. The Bertz CT molecular complexity index is 1160. The first-order chi connectivity index (χ1) is 15.7. The van der Waals surface area contributed by atoms with Crippen LogP contribution in [0.15, 0.2) is 120 Å². The lowest BCUT2D eigenvalue weighted by molar-refractivity contribution is 0.690. The van der Waals surface area contributed by atoms with Crippen molar-refractivity contribution in [1.82, 2.24) is 0 Å². The Morgan fingerprint density at radius 2 is 1.22 bits per heavy atom. The molecule has 4 rings (SSSR count). The van der Waals surface area contributed by atoms with Gasteiger partial charge in [0, 0.05) is 21.8 Å². The maximum Gasteiger partial charge on any atom is 0.161 e. The van der Waals surface area contributed by atoms with E-state index in [4.69, 9.17) is 16.6 Å². The topological polar surface area (TPSA) is 48.2 Å². The van der Waals surface area contributed by atoms with E-state index in [-0.39, 0.29) is 6.04 Å². The van der Waals surface area contributed by atoms with Crippen molar-refractivity contribution in [2.45, 2.75) is 12.1 Å². The Balaban J connectivity index is 1.80. The smallest absolute Gasteiger partial charge is 0.161 e. The molecule has 0 aliphatic carbocycles. The van der Waals surface area contributed by atoms with Crippen LogP contribution in [0.3, 0.4) is 0 Å². The number of nitrogens with one attached hydrogen (secondary N) is 1. The third-order valence-corrected chi connectivity index (χ3v) is 5.39. The Labute approximate surface area is 193 Å². The van der Waals surface area contributed by atoms with Crippen molar-refractivity contribution in [3.8, 4) is 6.07 Å². The summed E-state index contributed by atoms with van der Waals surface area (Å²) in [7, 11) is 0. The minimum atomic E-state index is -0.674. The monoisotopic (exact) mass is 435 g/mol. The summed E-state index contributed by atoms with van der Waals surface area (Å²) in [4.78, 5) is 4.99. The summed E-state index contributed by atoms with van der Waals surface area (Å²) in [6.07, 6.45) is 0. The number of aliphatic imine (C=N–C) groups is 1. The van der Waals surface area contributed by atoms with Crippen molar-refractivity contribution in [1.29, 1.82) is 5.26 Å². The SMILES string of the molecule is N#C[C@@H](N=C(c1ccccc1)c1ccccc1)[C@@H](Nc1ccccc1)c1ccc(Cl)cc1. The van der Waals surface area contributed by atoms with Crippen LogP contribution in [-0.2, 0) is 0 Å². The summed E-state index contributed by atoms with van der Waals surface area (Å²) in [5.41, 5.74) is 4.58. The molecule has 0 unspecified atom stereocenters. The van der Waals surface area contributed by atoms with Crippen LogP contribution in [-0.4, -0.2) is 11.8 Å². The Hall–Kier alpha value is -3.87. The molecule has 0 amide bonds. The average Bonchev–Trinajstić information content (AvgIpc) is 2.86. The Morgan fingerprint density at radius 3 is 1.72 bits per heavy atom. The zero-order valence-electron chi connectivity index (χ0n) is 17.4. The van der Waals surface area contributed by atoms with Gasteiger partial charge in [0.2, 0.25) is 0 Å². The summed E-state index contributed by atoms with van der Waals surface area (Å²) in [5.74, 6) is 0. The standard InChI is InChI=1S/C28H22ClN3/c29-24-18-16-23(17-19-24)28(31-25-14-8-3-9-15-25)26(20-30)32-27(21-10-4-1-5-11-21)22-12-6-2-7-13-22/h1-19,26,28,31H/t26-,28+/m1/s1. The van der Waals surface area contributed by atoms with Crippen molar-refractivity contribution in [2.24, 2.45) is 4.99 Å². The van der Waals surface area contributed by atoms with E-state index in [1.807, 2.05) is 115 Å². The van der Waals surface area contributed by atoms with E-state index in [1.54, 1.807) is 0 Å². The average molecular weight is 436 g/mol. The van der Waals surface area contributed by atoms with E-state index in [9.17, 15) is 5.26 Å². The second kappa shape index (κ2) is 10.4. The van der Waals surface area contributed by atoms with Gasteiger partial charge in [-0.25, -0.2) is 0 Å². The van der Waals surface area contributed by atoms with Gasteiger partial charge in [-0.3, -0.25) is 4.99 Å². The number of anilines is 1. The third-order valence-electron chi connectivity index (χ3n) is 5.14. The van der Waals surface area contributed by atoms with Crippen molar-refractivity contribution >= 4 is 23.0 Å². The maximum atomic E-state index is 10.2. The van der Waals surface area contributed by atoms with Crippen LogP contribution >= 0.6 is 11.6 Å². The second-order valence-corrected chi connectivity index (χ2v) is 7.76. The molecule has 0 heterocycles. The lowest BCUT2D eigenvalue weighted by Gasteiger charge is -2.24. The minimum Gasteiger partial charge on any atom is -0.375 e. The van der Waals surface area contributed by atoms with E-state index >= 15 is 0 Å². The second-order valence-electron chi connectivity index (χ2n) is 7.32. The molecule has 4 aromatic rings. The highest BCUT2D eigenvalue weighted by molar-refractivity contribution is 6.30. The van der Waals surface area contributed by atoms with Gasteiger partial charge in [0.25, 0.3) is 0 Å². The fourth-order valence-corrected chi connectivity index (χ4v) is 3.68. The lowest BCUT2D eigenvalue weighted by Crippen LogP contribution is -2.25. The number of nitriles is 1. The van der Waals surface area contributed by atoms with E-state index in [0.717, 1.165) is 28.1 Å². The maximum absolute atomic E-state index is 10.2. The largest absolute Gasteiger partial charge is 0.375 e. The van der Waals surface area contributed by atoms with Gasteiger partial charge in [-0.05, 0) is 29.8 Å². The molecule has 0 bridgehead atoms. The minimum absolute atomic E-state index is 0.359. The molecule has 0 aromatic heterocycles. The summed E-state index contributed by atoms with van der Waals surface area (Å²) >= 11 is 6.12. The summed E-state index contributed by atoms with van der Waals surface area (Å²) < 4.78 is 0. The number of benzene rings is 4. The number of para-hydroxylation sites is 1. The van der Waals surface area contributed by atoms with Gasteiger partial charge in [-0.15, -0.1) is 0 Å². The molecule has 4 aromatic carbocycles. The predicted molar refractivity (Wildman–Crippen MR) is 132 cm³/mol. The van der Waals surface area contributed by atoms with Crippen LogP contribution in [0.1, 0.15) is 22.7 Å². The summed E-state index contributed by atoms with van der Waals surface area (Å²) in [5, 5.41) is 14.4. The highest BCUT2D eigenvalue weighted by Gasteiger charge is 2.24. The Morgan fingerprint density at radius 1 is 0.719 bits per heavy atom. The van der Waals surface area contributed by atoms with E-state index in [0.29, 0.717) is 5.02 Å². The first kappa shape index (κ1) is 21.4. The van der Waals surface area contributed by atoms with Gasteiger partial charge in [-0.1, -0.05) is 103 Å². The van der Waals surface area contributed by atoms with Crippen LogP contribution in [0.5, 0.6) is 0 Å². The highest BCUT2D eigenvalue weighted by atomic mass is 35.5. The molecule has 156 valence electrons. The fourth-order valence-electron chi connectivity index (χ4n) is 3.55. The normalized spacial score (nSPS) is 12.2. The van der Waals surface area contributed by atoms with Gasteiger partial charge in [-0.2, -0.15) is 5.26 Å². The summed E-state index contributed by atoms with van der Waals surface area (Å²) in [6, 6.07) is 38.7. The van der Waals surface area contributed by atoms with E-state index in [1.165, 1.54) is 0 Å². The van der Waals surface area contributed by atoms with Gasteiger partial charge in [0.1, 0.15) is 0 Å². The van der Waals surface area contributed by atoms with E-state index < -0.39 is 6.04 Å². The number of hydrogen-bond acceptors (Lipinski definition) is 3. The fraction of sp³-hybridized carbons (Fsp3) is 0.0714. The quantitative estimate of drug-likeness (QED) is 0.320. The van der Waals surface area contributed by atoms with Crippen molar-refractivity contribution in [3.63, 3.8) is 0 Å². The molecule has 0 saturated carbocycles. The highest BCUT2D eigenvalue weighted by Crippen LogP contribution is 2.27. The number of halogens is 1. The zero-order valence-corrected chi connectivity index (χ0v) is 18.2. The van der Waals surface area contributed by atoms with Crippen LogP contribution in [0.4, 0.5) is 5.69 Å². The van der Waals surface area contributed by atoms with Gasteiger partial charge < -0.3 is 5.32 Å². The first-order valence-electron chi connectivity index (χ1n) is 10.4. The molecule has 1 N–H and O–H groups in total. The van der Waals surface area contributed by atoms with Crippen LogP contribution in [0, 0.1) is 11.3 Å².